The zero-order chi connectivity index (χ0) is 15.0. The lowest BCUT2D eigenvalue weighted by atomic mass is 10.1. The van der Waals surface area contributed by atoms with Crippen LogP contribution in [0, 0.1) is 17.0 Å². The molecule has 1 aromatic carbocycles. The van der Waals surface area contributed by atoms with Crippen LogP contribution in [-0.2, 0) is 13.0 Å². The van der Waals surface area contributed by atoms with Crippen molar-refractivity contribution in [3.05, 3.63) is 45.9 Å². The zero-order valence-electron chi connectivity index (χ0n) is 11.8. The number of fused-ring (bicyclic) bond motifs is 1. The van der Waals surface area contributed by atoms with Gasteiger partial charge in [-0.15, -0.1) is 0 Å². The Labute approximate surface area is 122 Å². The molecule has 0 saturated carbocycles. The van der Waals surface area contributed by atoms with Crippen molar-refractivity contribution in [2.45, 2.75) is 19.9 Å². The minimum Gasteiger partial charge on any atom is -0.397 e. The molecule has 0 atom stereocenters. The van der Waals surface area contributed by atoms with Gasteiger partial charge in [0.05, 0.1) is 17.9 Å². The van der Waals surface area contributed by atoms with E-state index in [1.165, 1.54) is 11.8 Å². The number of nitrogens with two attached hydrogens (primary N) is 1. The van der Waals surface area contributed by atoms with Crippen molar-refractivity contribution in [2.75, 3.05) is 23.7 Å². The highest BCUT2D eigenvalue weighted by molar-refractivity contribution is 5.74. The van der Waals surface area contributed by atoms with Gasteiger partial charge in [-0.3, -0.25) is 0 Å². The van der Waals surface area contributed by atoms with Gasteiger partial charge in [0.2, 0.25) is 0 Å². The Hall–Kier alpha value is -2.57. The van der Waals surface area contributed by atoms with Crippen LogP contribution in [0.15, 0.2) is 24.4 Å². The van der Waals surface area contributed by atoms with Crippen molar-refractivity contribution in [2.24, 2.45) is 0 Å². The normalized spacial score (nSPS) is 13.5. The molecule has 0 saturated heterocycles. The summed E-state index contributed by atoms with van der Waals surface area (Å²) < 4.78 is 1.64. The number of aromatic nitrogens is 2. The highest BCUT2D eigenvalue weighted by Gasteiger charge is 2.23. The van der Waals surface area contributed by atoms with E-state index in [-0.39, 0.29) is 5.82 Å². The Kier molecular flexibility index (Phi) is 3.25. The first kappa shape index (κ1) is 13.4. The second kappa shape index (κ2) is 5.08. The molecule has 1 aromatic heterocycles. The molecule has 0 bridgehead atoms. The summed E-state index contributed by atoms with van der Waals surface area (Å²) in [7, 11) is 0. The van der Waals surface area contributed by atoms with Crippen LogP contribution in [0.1, 0.15) is 11.4 Å². The zero-order valence-corrected chi connectivity index (χ0v) is 11.8. The van der Waals surface area contributed by atoms with Crippen molar-refractivity contribution in [3.63, 3.8) is 0 Å². The van der Waals surface area contributed by atoms with Gasteiger partial charge in [-0.05, 0) is 23.0 Å². The lowest BCUT2D eigenvalue weighted by Crippen LogP contribution is -2.26. The summed E-state index contributed by atoms with van der Waals surface area (Å²) in [5, 5.41) is 11.0. The van der Waals surface area contributed by atoms with Gasteiger partial charge in [0, 0.05) is 13.5 Å². The number of nitrogens with zero attached hydrogens (tertiary/aromatic N) is 4. The number of aryl methyl sites for hydroxylation is 1. The van der Waals surface area contributed by atoms with E-state index >= 15 is 0 Å². The standard InChI is InChI=1S/C14H17N5O2/c1-10-16-9-13(19(20)21)18(10)8-7-17-6-5-11-3-2-4-12(15)14(11)17/h2-4,9H,5-8,15H2,1H3. The number of nitrogen functional groups attached to an aromatic ring is 1. The fourth-order valence-electron chi connectivity index (χ4n) is 2.89. The molecule has 21 heavy (non-hydrogen) atoms. The van der Waals surface area contributed by atoms with E-state index in [0.717, 1.165) is 24.3 Å². The van der Waals surface area contributed by atoms with Gasteiger partial charge in [0.15, 0.2) is 5.82 Å². The maximum absolute atomic E-state index is 11.0. The number of benzene rings is 1. The van der Waals surface area contributed by atoms with Crippen molar-refractivity contribution in [1.82, 2.24) is 9.55 Å². The smallest absolute Gasteiger partial charge is 0.342 e. The average molecular weight is 287 g/mol. The topological polar surface area (TPSA) is 90.2 Å². The number of rotatable bonds is 4. The summed E-state index contributed by atoms with van der Waals surface area (Å²) in [6.45, 7) is 3.87. The summed E-state index contributed by atoms with van der Waals surface area (Å²) in [4.78, 5) is 16.8. The molecule has 7 nitrogen and oxygen atoms in total. The van der Waals surface area contributed by atoms with Gasteiger partial charge in [-0.1, -0.05) is 12.1 Å². The van der Waals surface area contributed by atoms with Crippen LogP contribution >= 0.6 is 0 Å². The maximum atomic E-state index is 11.0. The number of nitro groups is 1. The summed E-state index contributed by atoms with van der Waals surface area (Å²) in [6.07, 6.45) is 2.27. The molecule has 0 radical (unpaired) electrons. The number of hydrogen-bond donors (Lipinski definition) is 1. The van der Waals surface area contributed by atoms with Gasteiger partial charge in [-0.25, -0.2) is 9.55 Å². The van der Waals surface area contributed by atoms with E-state index in [2.05, 4.69) is 16.0 Å². The summed E-state index contributed by atoms with van der Waals surface area (Å²) in [5.41, 5.74) is 9.13. The van der Waals surface area contributed by atoms with Crippen LogP contribution in [0.2, 0.25) is 0 Å². The van der Waals surface area contributed by atoms with E-state index in [9.17, 15) is 10.1 Å². The van der Waals surface area contributed by atoms with Crippen LogP contribution in [0.3, 0.4) is 0 Å². The van der Waals surface area contributed by atoms with Crippen molar-refractivity contribution in [1.29, 1.82) is 0 Å². The monoisotopic (exact) mass is 287 g/mol. The molecule has 7 heteroatoms. The van der Waals surface area contributed by atoms with Crippen LogP contribution < -0.4 is 10.6 Å². The molecular formula is C14H17N5O2. The van der Waals surface area contributed by atoms with Gasteiger partial charge < -0.3 is 20.7 Å². The first-order valence-corrected chi connectivity index (χ1v) is 6.86. The van der Waals surface area contributed by atoms with Crippen LogP contribution in [0.25, 0.3) is 0 Å². The molecule has 2 heterocycles. The summed E-state index contributed by atoms with van der Waals surface area (Å²) >= 11 is 0. The van der Waals surface area contributed by atoms with E-state index < -0.39 is 4.92 Å². The predicted octanol–water partition coefficient (Wildman–Crippen LogP) is 1.74. The minimum absolute atomic E-state index is 0.0351. The third kappa shape index (κ3) is 2.31. The third-order valence-corrected chi connectivity index (χ3v) is 3.93. The Morgan fingerprint density at radius 2 is 2.24 bits per heavy atom. The molecule has 110 valence electrons. The van der Waals surface area contributed by atoms with Crippen LogP contribution in [0.4, 0.5) is 17.2 Å². The average Bonchev–Trinajstić information content (AvgIpc) is 3.01. The number of imidazole rings is 1. The van der Waals surface area contributed by atoms with Crippen molar-refractivity contribution >= 4 is 17.2 Å². The molecule has 2 aromatic rings. The number of hydrogen-bond acceptors (Lipinski definition) is 5. The SMILES string of the molecule is Cc1ncc([N+](=O)[O-])n1CCN1CCc2cccc(N)c21. The van der Waals surface area contributed by atoms with Crippen LogP contribution in [0.5, 0.6) is 0 Å². The Morgan fingerprint density at radius 1 is 1.43 bits per heavy atom. The van der Waals surface area contributed by atoms with Crippen molar-refractivity contribution in [3.8, 4) is 0 Å². The molecule has 0 aliphatic carbocycles. The van der Waals surface area contributed by atoms with E-state index in [4.69, 9.17) is 5.73 Å². The summed E-state index contributed by atoms with van der Waals surface area (Å²) in [6, 6.07) is 5.93. The van der Waals surface area contributed by atoms with Crippen LogP contribution in [-0.4, -0.2) is 27.6 Å². The molecule has 2 N–H and O–H groups in total. The van der Waals surface area contributed by atoms with E-state index in [1.54, 1.807) is 11.5 Å². The lowest BCUT2D eigenvalue weighted by Gasteiger charge is -2.20. The predicted molar refractivity (Wildman–Crippen MR) is 80.4 cm³/mol. The fraction of sp³-hybridized carbons (Fsp3) is 0.357. The Morgan fingerprint density at radius 3 is 3.00 bits per heavy atom. The fourth-order valence-corrected chi connectivity index (χ4v) is 2.89. The minimum atomic E-state index is -0.397. The maximum Gasteiger partial charge on any atom is 0.342 e. The quantitative estimate of drug-likeness (QED) is 0.525. The highest BCUT2D eigenvalue weighted by Crippen LogP contribution is 2.33. The van der Waals surface area contributed by atoms with Gasteiger partial charge in [-0.2, -0.15) is 0 Å². The van der Waals surface area contributed by atoms with E-state index in [0.29, 0.717) is 18.9 Å². The largest absolute Gasteiger partial charge is 0.397 e. The third-order valence-electron chi connectivity index (χ3n) is 3.93. The van der Waals surface area contributed by atoms with Crippen molar-refractivity contribution < 1.29 is 4.92 Å². The molecular weight excluding hydrogens is 270 g/mol. The first-order valence-electron chi connectivity index (χ1n) is 6.86. The number of para-hydroxylation sites is 1. The molecule has 1 aliphatic rings. The Bertz CT molecular complexity index is 695. The Balaban J connectivity index is 1.79. The molecule has 1 aliphatic heterocycles. The molecule has 0 spiro atoms. The molecule has 0 fully saturated rings. The van der Waals surface area contributed by atoms with Gasteiger partial charge in [0.1, 0.15) is 12.7 Å². The summed E-state index contributed by atoms with van der Waals surface area (Å²) in [5.74, 6) is 0.690. The molecule has 0 amide bonds. The number of anilines is 2. The van der Waals surface area contributed by atoms with E-state index in [1.807, 2.05) is 12.1 Å². The molecule has 0 unspecified atom stereocenters. The van der Waals surface area contributed by atoms with Gasteiger partial charge in [0.25, 0.3) is 0 Å². The highest BCUT2D eigenvalue weighted by atomic mass is 16.6. The first-order chi connectivity index (χ1) is 10.1. The second-order valence-electron chi connectivity index (χ2n) is 5.16. The second-order valence-corrected chi connectivity index (χ2v) is 5.16. The molecule has 3 rings (SSSR count). The lowest BCUT2D eigenvalue weighted by molar-refractivity contribution is -0.392. The van der Waals surface area contributed by atoms with Gasteiger partial charge >= 0.3 is 5.82 Å².